The lowest BCUT2D eigenvalue weighted by Crippen LogP contribution is -2.13. The minimum atomic E-state index is -0.241. The van der Waals surface area contributed by atoms with Crippen LogP contribution < -0.4 is 5.73 Å². The Bertz CT molecular complexity index is 539. The summed E-state index contributed by atoms with van der Waals surface area (Å²) in [7, 11) is 0. The van der Waals surface area contributed by atoms with Gasteiger partial charge in [-0.15, -0.1) is 0 Å². The molecule has 0 aliphatic rings. The molecule has 1 nitrogen and oxygen atoms in total. The molecule has 94 valence electrons. The first-order valence-electron chi connectivity index (χ1n) is 5.50. The van der Waals surface area contributed by atoms with Crippen molar-refractivity contribution in [1.29, 1.82) is 0 Å². The van der Waals surface area contributed by atoms with Gasteiger partial charge in [0.2, 0.25) is 0 Å². The molecule has 1 unspecified atom stereocenters. The third-order valence-corrected chi connectivity index (χ3v) is 3.78. The lowest BCUT2D eigenvalue weighted by molar-refractivity contribution is 0.621. The van der Waals surface area contributed by atoms with Crippen LogP contribution in [0.3, 0.4) is 0 Å². The topological polar surface area (TPSA) is 26.0 Å². The minimum Gasteiger partial charge on any atom is -0.324 e. The van der Waals surface area contributed by atoms with Crippen LogP contribution in [-0.2, 0) is 6.42 Å². The van der Waals surface area contributed by atoms with Crippen molar-refractivity contribution in [3.63, 3.8) is 0 Å². The third-order valence-electron chi connectivity index (χ3n) is 2.65. The van der Waals surface area contributed by atoms with E-state index in [1.54, 1.807) is 0 Å². The Morgan fingerprint density at radius 1 is 1.22 bits per heavy atom. The first kappa shape index (κ1) is 14.0. The molecule has 0 aliphatic carbocycles. The summed E-state index contributed by atoms with van der Waals surface area (Å²) in [6.45, 7) is 0. The van der Waals surface area contributed by atoms with Crippen molar-refractivity contribution in [3.8, 4) is 0 Å². The second kappa shape index (κ2) is 6.12. The van der Waals surface area contributed by atoms with E-state index in [2.05, 4.69) is 44.6 Å². The van der Waals surface area contributed by atoms with Gasteiger partial charge in [0.1, 0.15) is 5.82 Å². The molecule has 2 aromatic carbocycles. The second-order valence-corrected chi connectivity index (χ2v) is 6.30. The van der Waals surface area contributed by atoms with Crippen molar-refractivity contribution in [2.24, 2.45) is 5.73 Å². The smallest absolute Gasteiger partial charge is 0.124 e. The number of benzene rings is 2. The summed E-state index contributed by atoms with van der Waals surface area (Å²) >= 11 is 5.55. The Kier molecular flexibility index (Phi) is 4.75. The molecule has 2 rings (SSSR count). The molecule has 0 aromatic heterocycles. The highest BCUT2D eigenvalue weighted by Gasteiger charge is 2.09. The fourth-order valence-corrected chi connectivity index (χ4v) is 2.92. The highest BCUT2D eigenvalue weighted by Crippen LogP contribution is 2.21. The molecule has 4 heteroatoms. The van der Waals surface area contributed by atoms with Gasteiger partial charge in [0.15, 0.2) is 0 Å². The molecule has 0 spiro atoms. The van der Waals surface area contributed by atoms with E-state index in [0.717, 1.165) is 19.2 Å². The van der Waals surface area contributed by atoms with Crippen LogP contribution in [0, 0.1) is 9.39 Å². The largest absolute Gasteiger partial charge is 0.324 e. The van der Waals surface area contributed by atoms with Gasteiger partial charge >= 0.3 is 0 Å². The van der Waals surface area contributed by atoms with Crippen LogP contribution in [0.5, 0.6) is 0 Å². The van der Waals surface area contributed by atoms with Crippen LogP contribution in [0.1, 0.15) is 17.2 Å². The van der Waals surface area contributed by atoms with Gasteiger partial charge in [0.05, 0.1) is 0 Å². The second-order valence-electron chi connectivity index (χ2n) is 4.14. The SMILES string of the molecule is NC(Cc1cc(F)cc(Br)c1)c1cccc(I)c1. The van der Waals surface area contributed by atoms with Crippen molar-refractivity contribution in [2.45, 2.75) is 12.5 Å². The number of nitrogens with two attached hydrogens (primary N) is 1. The summed E-state index contributed by atoms with van der Waals surface area (Å²) < 4.78 is 15.2. The maximum Gasteiger partial charge on any atom is 0.124 e. The zero-order chi connectivity index (χ0) is 13.1. The van der Waals surface area contributed by atoms with Crippen molar-refractivity contribution in [2.75, 3.05) is 0 Å². The molecule has 2 N–H and O–H groups in total. The molecule has 0 aliphatic heterocycles. The van der Waals surface area contributed by atoms with Gasteiger partial charge in [-0.2, -0.15) is 0 Å². The van der Waals surface area contributed by atoms with Gasteiger partial charge in [-0.3, -0.25) is 0 Å². The van der Waals surface area contributed by atoms with Gasteiger partial charge in [0.25, 0.3) is 0 Å². The van der Waals surface area contributed by atoms with Crippen LogP contribution in [0.2, 0.25) is 0 Å². The van der Waals surface area contributed by atoms with E-state index in [9.17, 15) is 4.39 Å². The van der Waals surface area contributed by atoms with Crippen molar-refractivity contribution >= 4 is 38.5 Å². The van der Waals surface area contributed by atoms with E-state index in [0.29, 0.717) is 6.42 Å². The molecule has 0 saturated heterocycles. The van der Waals surface area contributed by atoms with Gasteiger partial charge in [-0.25, -0.2) is 4.39 Å². The molecule has 2 aromatic rings. The zero-order valence-electron chi connectivity index (χ0n) is 9.54. The summed E-state index contributed by atoms with van der Waals surface area (Å²) in [6.07, 6.45) is 0.621. The zero-order valence-corrected chi connectivity index (χ0v) is 13.3. The maximum atomic E-state index is 13.3. The Morgan fingerprint density at radius 2 is 2.00 bits per heavy atom. The summed E-state index contributed by atoms with van der Waals surface area (Å²) in [5.74, 6) is -0.241. The average molecular weight is 420 g/mol. The predicted octanol–water partition coefficient (Wildman–Crippen LogP) is 4.44. The fourth-order valence-electron chi connectivity index (χ4n) is 1.84. The maximum absolute atomic E-state index is 13.3. The van der Waals surface area contributed by atoms with E-state index >= 15 is 0 Å². The minimum absolute atomic E-state index is 0.117. The standard InChI is InChI=1S/C14H12BrFIN/c15-11-4-9(5-12(16)8-11)6-14(18)10-2-1-3-13(17)7-10/h1-5,7-8,14H,6,18H2. The van der Waals surface area contributed by atoms with E-state index in [1.807, 2.05) is 24.3 Å². The Labute approximate surface area is 128 Å². The Balaban J connectivity index is 2.18. The predicted molar refractivity (Wildman–Crippen MR) is 83.9 cm³/mol. The van der Waals surface area contributed by atoms with E-state index in [1.165, 1.54) is 12.1 Å². The van der Waals surface area contributed by atoms with Crippen molar-refractivity contribution < 1.29 is 4.39 Å². The van der Waals surface area contributed by atoms with Crippen molar-refractivity contribution in [3.05, 3.63) is 67.5 Å². The number of hydrogen-bond acceptors (Lipinski definition) is 1. The van der Waals surface area contributed by atoms with Crippen molar-refractivity contribution in [1.82, 2.24) is 0 Å². The summed E-state index contributed by atoms with van der Waals surface area (Å²) in [6, 6.07) is 12.8. The molecule has 0 amide bonds. The molecule has 0 heterocycles. The fraction of sp³-hybridized carbons (Fsp3) is 0.143. The third kappa shape index (κ3) is 3.76. The summed E-state index contributed by atoms with van der Waals surface area (Å²) in [5, 5.41) is 0. The first-order valence-corrected chi connectivity index (χ1v) is 7.38. The van der Waals surface area contributed by atoms with Crippen LogP contribution in [0.15, 0.2) is 46.9 Å². The Morgan fingerprint density at radius 3 is 2.67 bits per heavy atom. The van der Waals surface area contributed by atoms with Gasteiger partial charge in [-0.1, -0.05) is 28.1 Å². The van der Waals surface area contributed by atoms with E-state index < -0.39 is 0 Å². The average Bonchev–Trinajstić information content (AvgIpc) is 2.27. The first-order chi connectivity index (χ1) is 8.54. The van der Waals surface area contributed by atoms with Crippen LogP contribution in [-0.4, -0.2) is 0 Å². The molecular formula is C14H12BrFIN. The molecule has 18 heavy (non-hydrogen) atoms. The van der Waals surface area contributed by atoms with Gasteiger partial charge in [-0.05, 0) is 70.5 Å². The summed E-state index contributed by atoms with van der Waals surface area (Å²) in [4.78, 5) is 0. The number of halogens is 3. The van der Waals surface area contributed by atoms with Crippen LogP contribution in [0.4, 0.5) is 4.39 Å². The number of hydrogen-bond donors (Lipinski definition) is 1. The van der Waals surface area contributed by atoms with Gasteiger partial charge in [0, 0.05) is 14.1 Å². The lowest BCUT2D eigenvalue weighted by Gasteiger charge is -2.13. The number of rotatable bonds is 3. The lowest BCUT2D eigenvalue weighted by atomic mass is 10.00. The molecule has 0 bridgehead atoms. The van der Waals surface area contributed by atoms with E-state index in [4.69, 9.17) is 5.73 Å². The molecule has 0 fully saturated rings. The van der Waals surface area contributed by atoms with Crippen LogP contribution >= 0.6 is 38.5 Å². The molecule has 1 atom stereocenters. The van der Waals surface area contributed by atoms with E-state index in [-0.39, 0.29) is 11.9 Å². The highest BCUT2D eigenvalue weighted by molar-refractivity contribution is 14.1. The quantitative estimate of drug-likeness (QED) is 0.731. The highest BCUT2D eigenvalue weighted by atomic mass is 127. The summed E-state index contributed by atoms with van der Waals surface area (Å²) in [5.41, 5.74) is 8.12. The molecule has 0 saturated carbocycles. The molecule has 0 radical (unpaired) electrons. The Hall–Kier alpha value is -0.460. The molecular weight excluding hydrogens is 408 g/mol. The van der Waals surface area contributed by atoms with Crippen LogP contribution in [0.25, 0.3) is 0 Å². The normalized spacial score (nSPS) is 12.4. The van der Waals surface area contributed by atoms with Gasteiger partial charge < -0.3 is 5.73 Å². The monoisotopic (exact) mass is 419 g/mol.